The van der Waals surface area contributed by atoms with E-state index >= 15 is 0 Å². The smallest absolute Gasteiger partial charge is 0.221 e. The van der Waals surface area contributed by atoms with Crippen LogP contribution in [0.3, 0.4) is 0 Å². The number of nitrogens with one attached hydrogen (secondary N) is 1. The number of likely N-dealkylation sites (tertiary alicyclic amines) is 1. The van der Waals surface area contributed by atoms with Crippen LogP contribution in [-0.4, -0.2) is 36.5 Å². The summed E-state index contributed by atoms with van der Waals surface area (Å²) in [5.74, 6) is 0.0476. The Bertz CT molecular complexity index is 507. The van der Waals surface area contributed by atoms with Gasteiger partial charge in [0, 0.05) is 37.1 Å². The first-order valence-corrected chi connectivity index (χ1v) is 8.44. The molecule has 1 aliphatic rings. The summed E-state index contributed by atoms with van der Waals surface area (Å²) in [6.45, 7) is 5.09. The predicted molar refractivity (Wildman–Crippen MR) is 90.9 cm³/mol. The van der Waals surface area contributed by atoms with Gasteiger partial charge in [-0.1, -0.05) is 30.2 Å². The van der Waals surface area contributed by atoms with Crippen LogP contribution in [0.4, 0.5) is 0 Å². The number of carbonyl (C=O) groups excluding carboxylic acids is 1. The van der Waals surface area contributed by atoms with Crippen LogP contribution in [0.2, 0.25) is 5.02 Å². The summed E-state index contributed by atoms with van der Waals surface area (Å²) in [4.78, 5) is 14.1. The summed E-state index contributed by atoms with van der Waals surface area (Å²) >= 11 is 6.22. The van der Waals surface area contributed by atoms with Gasteiger partial charge in [-0.15, -0.1) is 0 Å². The van der Waals surface area contributed by atoms with Crippen molar-refractivity contribution < 1.29 is 4.79 Å². The van der Waals surface area contributed by atoms with Crippen molar-refractivity contribution in [2.24, 2.45) is 5.73 Å². The first kappa shape index (κ1) is 17.3. The summed E-state index contributed by atoms with van der Waals surface area (Å²) in [5.41, 5.74) is 7.75. The molecule has 0 radical (unpaired) electrons. The predicted octanol–water partition coefficient (Wildman–Crippen LogP) is 2.47. The van der Waals surface area contributed by atoms with Crippen LogP contribution in [0.15, 0.2) is 18.2 Å². The van der Waals surface area contributed by atoms with Crippen molar-refractivity contribution in [2.45, 2.75) is 45.2 Å². The van der Waals surface area contributed by atoms with Crippen molar-refractivity contribution in [3.8, 4) is 0 Å². The summed E-state index contributed by atoms with van der Waals surface area (Å²) in [6.07, 6.45) is 3.97. The first-order valence-electron chi connectivity index (χ1n) is 8.06. The molecule has 1 saturated heterocycles. The summed E-state index contributed by atoms with van der Waals surface area (Å²) in [5, 5.41) is 3.82. The van der Waals surface area contributed by atoms with Gasteiger partial charge in [0.1, 0.15) is 0 Å². The fraction of sp³-hybridized carbons (Fsp3) is 0.588. The van der Waals surface area contributed by atoms with Gasteiger partial charge in [-0.3, -0.25) is 9.69 Å². The normalized spacial score (nSPS) is 19.1. The number of benzene rings is 1. The van der Waals surface area contributed by atoms with Crippen LogP contribution in [0, 0.1) is 6.92 Å². The Labute approximate surface area is 138 Å². The third kappa shape index (κ3) is 4.97. The van der Waals surface area contributed by atoms with E-state index in [2.05, 4.69) is 28.4 Å². The van der Waals surface area contributed by atoms with Gasteiger partial charge in [0.15, 0.2) is 0 Å². The molecule has 1 aromatic carbocycles. The number of carbonyl (C=O) groups is 1. The average molecular weight is 324 g/mol. The number of rotatable bonds is 6. The molecule has 1 aromatic rings. The zero-order valence-corrected chi connectivity index (χ0v) is 14.0. The standard InChI is InChI=1S/C17H26ClN3O/c1-13-5-6-14(10-16(13)18)12-21-9-3-2-4-15(21)11-20-17(22)7-8-19/h5-6,10,15H,2-4,7-9,11-12,19H2,1H3,(H,20,22). The van der Waals surface area contributed by atoms with Crippen molar-refractivity contribution in [1.29, 1.82) is 0 Å². The molecule has 5 heteroatoms. The molecule has 1 fully saturated rings. The minimum atomic E-state index is 0.0476. The van der Waals surface area contributed by atoms with E-state index in [1.165, 1.54) is 18.4 Å². The minimum absolute atomic E-state index is 0.0476. The van der Waals surface area contributed by atoms with E-state index in [1.54, 1.807) is 0 Å². The highest BCUT2D eigenvalue weighted by atomic mass is 35.5. The summed E-state index contributed by atoms with van der Waals surface area (Å²) in [6, 6.07) is 6.66. The van der Waals surface area contributed by atoms with E-state index in [1.807, 2.05) is 6.92 Å². The summed E-state index contributed by atoms with van der Waals surface area (Å²) < 4.78 is 0. The molecule has 1 amide bonds. The van der Waals surface area contributed by atoms with Gasteiger partial charge in [0.25, 0.3) is 0 Å². The Morgan fingerprint density at radius 3 is 3.00 bits per heavy atom. The molecule has 0 saturated carbocycles. The second-order valence-electron chi connectivity index (χ2n) is 6.05. The van der Waals surface area contributed by atoms with Gasteiger partial charge in [0.2, 0.25) is 5.91 Å². The molecule has 22 heavy (non-hydrogen) atoms. The molecule has 1 atom stereocenters. The van der Waals surface area contributed by atoms with Crippen LogP contribution in [-0.2, 0) is 11.3 Å². The highest BCUT2D eigenvalue weighted by molar-refractivity contribution is 6.31. The first-order chi connectivity index (χ1) is 10.6. The molecular weight excluding hydrogens is 298 g/mol. The highest BCUT2D eigenvalue weighted by Gasteiger charge is 2.22. The van der Waals surface area contributed by atoms with E-state index in [0.29, 0.717) is 25.6 Å². The molecule has 4 nitrogen and oxygen atoms in total. The lowest BCUT2D eigenvalue weighted by Crippen LogP contribution is -2.46. The van der Waals surface area contributed by atoms with Gasteiger partial charge in [-0.2, -0.15) is 0 Å². The van der Waals surface area contributed by atoms with Gasteiger partial charge in [0.05, 0.1) is 0 Å². The number of nitrogens with two attached hydrogens (primary N) is 1. The number of hydrogen-bond acceptors (Lipinski definition) is 3. The molecule has 0 aliphatic carbocycles. The second kappa shape index (κ2) is 8.51. The van der Waals surface area contributed by atoms with Crippen molar-refractivity contribution in [3.63, 3.8) is 0 Å². The second-order valence-corrected chi connectivity index (χ2v) is 6.45. The molecule has 0 aromatic heterocycles. The fourth-order valence-corrected chi connectivity index (χ4v) is 3.12. The van der Waals surface area contributed by atoms with Gasteiger partial charge >= 0.3 is 0 Å². The molecule has 0 spiro atoms. The van der Waals surface area contributed by atoms with Gasteiger partial charge in [-0.25, -0.2) is 0 Å². The van der Waals surface area contributed by atoms with E-state index in [-0.39, 0.29) is 5.91 Å². The van der Waals surface area contributed by atoms with Crippen LogP contribution < -0.4 is 11.1 Å². The quantitative estimate of drug-likeness (QED) is 0.845. The fourth-order valence-electron chi connectivity index (χ4n) is 2.92. The Balaban J connectivity index is 1.94. The largest absolute Gasteiger partial charge is 0.354 e. The Hall–Kier alpha value is -1.10. The SMILES string of the molecule is Cc1ccc(CN2CCCCC2CNC(=O)CCN)cc1Cl. The molecule has 1 unspecified atom stereocenters. The van der Waals surface area contributed by atoms with Crippen LogP contribution in [0.5, 0.6) is 0 Å². The lowest BCUT2D eigenvalue weighted by molar-refractivity contribution is -0.121. The number of halogens is 1. The molecule has 1 heterocycles. The van der Waals surface area contributed by atoms with E-state index in [0.717, 1.165) is 30.1 Å². The topological polar surface area (TPSA) is 58.4 Å². The number of aryl methyl sites for hydroxylation is 1. The maximum absolute atomic E-state index is 11.6. The van der Waals surface area contributed by atoms with Crippen molar-refractivity contribution in [2.75, 3.05) is 19.6 Å². The number of amides is 1. The van der Waals surface area contributed by atoms with Crippen LogP contribution in [0.25, 0.3) is 0 Å². The van der Waals surface area contributed by atoms with E-state index in [9.17, 15) is 4.79 Å². The molecule has 2 rings (SSSR count). The lowest BCUT2D eigenvalue weighted by atomic mass is 10.0. The van der Waals surface area contributed by atoms with Crippen molar-refractivity contribution >= 4 is 17.5 Å². The molecule has 1 aliphatic heterocycles. The van der Waals surface area contributed by atoms with Crippen molar-refractivity contribution in [3.05, 3.63) is 34.3 Å². The molecular formula is C17H26ClN3O. The lowest BCUT2D eigenvalue weighted by Gasteiger charge is -2.36. The number of nitrogens with zero attached hydrogens (tertiary/aromatic N) is 1. The maximum Gasteiger partial charge on any atom is 0.221 e. The summed E-state index contributed by atoms with van der Waals surface area (Å²) in [7, 11) is 0. The molecule has 122 valence electrons. The Kier molecular flexibility index (Phi) is 6.68. The number of piperidine rings is 1. The zero-order chi connectivity index (χ0) is 15.9. The van der Waals surface area contributed by atoms with Crippen LogP contribution in [0.1, 0.15) is 36.8 Å². The third-order valence-corrected chi connectivity index (χ3v) is 4.68. The zero-order valence-electron chi connectivity index (χ0n) is 13.3. The maximum atomic E-state index is 11.6. The average Bonchev–Trinajstić information content (AvgIpc) is 2.50. The third-order valence-electron chi connectivity index (χ3n) is 4.28. The molecule has 0 bridgehead atoms. The Morgan fingerprint density at radius 1 is 1.45 bits per heavy atom. The highest BCUT2D eigenvalue weighted by Crippen LogP contribution is 2.22. The van der Waals surface area contributed by atoms with Gasteiger partial charge in [-0.05, 0) is 43.5 Å². The molecule has 3 N–H and O–H groups in total. The minimum Gasteiger partial charge on any atom is -0.354 e. The van der Waals surface area contributed by atoms with Gasteiger partial charge < -0.3 is 11.1 Å². The Morgan fingerprint density at radius 2 is 2.27 bits per heavy atom. The van der Waals surface area contributed by atoms with Crippen molar-refractivity contribution in [1.82, 2.24) is 10.2 Å². The van der Waals surface area contributed by atoms with E-state index < -0.39 is 0 Å². The number of hydrogen-bond donors (Lipinski definition) is 2. The van der Waals surface area contributed by atoms with E-state index in [4.69, 9.17) is 17.3 Å². The van der Waals surface area contributed by atoms with Crippen LogP contribution >= 0.6 is 11.6 Å². The monoisotopic (exact) mass is 323 g/mol.